The highest BCUT2D eigenvalue weighted by Crippen LogP contribution is 2.19. The van der Waals surface area contributed by atoms with Gasteiger partial charge in [0.05, 0.1) is 15.8 Å². The van der Waals surface area contributed by atoms with E-state index in [2.05, 4.69) is 6.58 Å². The zero-order valence-corrected chi connectivity index (χ0v) is 13.6. The van der Waals surface area contributed by atoms with Gasteiger partial charge in [-0.05, 0) is 25.0 Å². The van der Waals surface area contributed by atoms with Crippen LogP contribution >= 0.6 is 23.2 Å². The van der Waals surface area contributed by atoms with E-state index in [0.717, 1.165) is 19.3 Å². The van der Waals surface area contributed by atoms with E-state index in [9.17, 15) is 8.42 Å². The minimum absolute atomic E-state index is 0.0764. The third-order valence-electron chi connectivity index (χ3n) is 2.86. The van der Waals surface area contributed by atoms with E-state index in [1.54, 1.807) is 16.4 Å². The van der Waals surface area contributed by atoms with Gasteiger partial charge in [-0.15, -0.1) is 6.58 Å². The van der Waals surface area contributed by atoms with Crippen LogP contribution in [-0.2, 0) is 10.0 Å². The van der Waals surface area contributed by atoms with Crippen LogP contribution in [0.25, 0.3) is 0 Å². The zero-order valence-electron chi connectivity index (χ0n) is 11.3. The van der Waals surface area contributed by atoms with Crippen molar-refractivity contribution in [2.75, 3.05) is 18.8 Å². The van der Waals surface area contributed by atoms with Crippen LogP contribution in [0.15, 0.2) is 36.9 Å². The van der Waals surface area contributed by atoms with Crippen molar-refractivity contribution in [3.05, 3.63) is 47.0 Å². The fourth-order valence-corrected chi connectivity index (χ4v) is 3.43. The average Bonchev–Trinajstić information content (AvgIpc) is 2.44. The first-order valence-electron chi connectivity index (χ1n) is 6.46. The number of rotatable bonds is 3. The van der Waals surface area contributed by atoms with Crippen LogP contribution in [0, 0.1) is 0 Å². The molecule has 0 aliphatic carbocycles. The molecule has 6 heteroatoms. The highest BCUT2D eigenvalue weighted by Gasteiger charge is 2.21. The van der Waals surface area contributed by atoms with E-state index in [4.69, 9.17) is 23.2 Å². The number of hydrogen-bond donors (Lipinski definition) is 0. The molecule has 1 aromatic carbocycles. The Morgan fingerprint density at radius 1 is 1.10 bits per heavy atom. The predicted molar refractivity (Wildman–Crippen MR) is 85.9 cm³/mol. The van der Waals surface area contributed by atoms with E-state index < -0.39 is 10.0 Å². The van der Waals surface area contributed by atoms with Crippen molar-refractivity contribution in [2.24, 2.45) is 0 Å². The number of piperidine rings is 1. The first kappa shape index (κ1) is 17.5. The maximum Gasteiger partial charge on any atom is 0.217 e. The quantitative estimate of drug-likeness (QED) is 0.783. The lowest BCUT2D eigenvalue weighted by Gasteiger charge is -2.25. The molecule has 1 aliphatic rings. The molecular weight excluding hydrogens is 317 g/mol. The summed E-state index contributed by atoms with van der Waals surface area (Å²) in [4.78, 5) is 0. The van der Waals surface area contributed by atoms with E-state index in [1.165, 1.54) is 6.08 Å². The van der Waals surface area contributed by atoms with Crippen molar-refractivity contribution in [3.63, 3.8) is 0 Å². The minimum Gasteiger partial charge on any atom is -0.212 e. The maximum absolute atomic E-state index is 11.4. The third kappa shape index (κ3) is 5.83. The number of nitrogens with zero attached hydrogens (tertiary/aromatic N) is 1. The van der Waals surface area contributed by atoms with E-state index in [1.807, 2.05) is 12.1 Å². The Balaban J connectivity index is 0.000000217. The highest BCUT2D eigenvalue weighted by atomic mass is 35.5. The molecule has 3 nitrogen and oxygen atoms in total. The summed E-state index contributed by atoms with van der Waals surface area (Å²) in [5.74, 6) is 0.0764. The summed E-state index contributed by atoms with van der Waals surface area (Å²) in [5, 5.41) is 1.21. The van der Waals surface area contributed by atoms with Crippen molar-refractivity contribution in [2.45, 2.75) is 19.3 Å². The fourth-order valence-electron chi connectivity index (χ4n) is 1.84. The number of benzene rings is 1. The highest BCUT2D eigenvalue weighted by molar-refractivity contribution is 7.89. The zero-order chi connectivity index (χ0) is 15.0. The summed E-state index contributed by atoms with van der Waals surface area (Å²) in [6, 6.07) is 7.19. The summed E-state index contributed by atoms with van der Waals surface area (Å²) in [6.45, 7) is 4.82. The topological polar surface area (TPSA) is 37.4 Å². The van der Waals surface area contributed by atoms with Crippen molar-refractivity contribution in [1.29, 1.82) is 0 Å². The minimum atomic E-state index is -3.02. The smallest absolute Gasteiger partial charge is 0.212 e. The largest absolute Gasteiger partial charge is 0.217 e. The van der Waals surface area contributed by atoms with Crippen LogP contribution in [0.4, 0.5) is 0 Å². The van der Waals surface area contributed by atoms with Gasteiger partial charge in [0.15, 0.2) is 0 Å². The molecule has 20 heavy (non-hydrogen) atoms. The molecule has 1 fully saturated rings. The Bertz CT molecular complexity index is 505. The van der Waals surface area contributed by atoms with Gasteiger partial charge in [-0.1, -0.05) is 47.8 Å². The Morgan fingerprint density at radius 3 is 2.00 bits per heavy atom. The van der Waals surface area contributed by atoms with Gasteiger partial charge in [0.2, 0.25) is 10.0 Å². The van der Waals surface area contributed by atoms with Crippen LogP contribution in [0.5, 0.6) is 0 Å². The van der Waals surface area contributed by atoms with Gasteiger partial charge in [0, 0.05) is 13.1 Å². The molecule has 1 saturated heterocycles. The average molecular weight is 336 g/mol. The normalized spacial score (nSPS) is 16.1. The molecule has 1 aromatic rings. The SMILES string of the molecule is C=CCS(=O)(=O)N1CCCCC1.Clc1ccccc1Cl. The predicted octanol–water partition coefficient (Wildman–Crippen LogP) is 3.98. The molecule has 1 heterocycles. The van der Waals surface area contributed by atoms with Gasteiger partial charge in [-0.25, -0.2) is 12.7 Å². The Kier molecular flexibility index (Phi) is 7.59. The van der Waals surface area contributed by atoms with Crippen LogP contribution in [0.3, 0.4) is 0 Å². The Labute approximate surface area is 131 Å². The van der Waals surface area contributed by atoms with Gasteiger partial charge in [0.1, 0.15) is 0 Å². The second-order valence-electron chi connectivity index (χ2n) is 4.44. The Morgan fingerprint density at radius 2 is 1.60 bits per heavy atom. The lowest BCUT2D eigenvalue weighted by Crippen LogP contribution is -2.36. The van der Waals surface area contributed by atoms with E-state index in [0.29, 0.717) is 23.1 Å². The monoisotopic (exact) mass is 335 g/mol. The molecule has 0 N–H and O–H groups in total. The molecule has 0 bridgehead atoms. The van der Waals surface area contributed by atoms with Crippen LogP contribution in [0.2, 0.25) is 10.0 Å². The summed E-state index contributed by atoms with van der Waals surface area (Å²) in [5.41, 5.74) is 0. The standard InChI is InChI=1S/C8H15NO2S.C6H4Cl2/c1-2-8-12(10,11)9-6-4-3-5-7-9;7-5-3-1-2-4-6(5)8/h2H,1,3-8H2;1-4H. The van der Waals surface area contributed by atoms with Crippen molar-refractivity contribution in [3.8, 4) is 0 Å². The van der Waals surface area contributed by atoms with Crippen molar-refractivity contribution < 1.29 is 8.42 Å². The lowest BCUT2D eigenvalue weighted by molar-refractivity contribution is 0.348. The van der Waals surface area contributed by atoms with E-state index in [-0.39, 0.29) is 5.75 Å². The molecule has 0 saturated carbocycles. The molecular formula is C14H19Cl2NO2S. The fraction of sp³-hybridized carbons (Fsp3) is 0.429. The molecule has 0 atom stereocenters. The summed E-state index contributed by atoms with van der Waals surface area (Å²) >= 11 is 11.2. The van der Waals surface area contributed by atoms with E-state index >= 15 is 0 Å². The van der Waals surface area contributed by atoms with Gasteiger partial charge in [0.25, 0.3) is 0 Å². The summed E-state index contributed by atoms with van der Waals surface area (Å²) in [7, 11) is -3.02. The number of sulfonamides is 1. The molecule has 2 rings (SSSR count). The van der Waals surface area contributed by atoms with Gasteiger partial charge in [-0.2, -0.15) is 0 Å². The molecule has 0 unspecified atom stereocenters. The maximum atomic E-state index is 11.4. The molecule has 112 valence electrons. The molecule has 0 radical (unpaired) electrons. The van der Waals surface area contributed by atoms with Crippen molar-refractivity contribution >= 4 is 33.2 Å². The summed E-state index contributed by atoms with van der Waals surface area (Å²) in [6.07, 6.45) is 4.59. The first-order valence-corrected chi connectivity index (χ1v) is 8.82. The van der Waals surface area contributed by atoms with Crippen molar-refractivity contribution in [1.82, 2.24) is 4.31 Å². The molecule has 0 amide bonds. The first-order chi connectivity index (χ1) is 9.47. The second kappa shape index (κ2) is 8.67. The number of hydrogen-bond acceptors (Lipinski definition) is 2. The van der Waals surface area contributed by atoms with Crippen LogP contribution < -0.4 is 0 Å². The van der Waals surface area contributed by atoms with Crippen LogP contribution in [-0.4, -0.2) is 31.6 Å². The second-order valence-corrected chi connectivity index (χ2v) is 7.27. The molecule has 0 spiro atoms. The Hall–Kier alpha value is -0.550. The molecule has 0 aromatic heterocycles. The number of halogens is 2. The third-order valence-corrected chi connectivity index (χ3v) is 5.43. The summed E-state index contributed by atoms with van der Waals surface area (Å²) < 4.78 is 24.4. The van der Waals surface area contributed by atoms with Gasteiger partial charge < -0.3 is 0 Å². The van der Waals surface area contributed by atoms with Gasteiger partial charge in [-0.3, -0.25) is 0 Å². The van der Waals surface area contributed by atoms with Gasteiger partial charge >= 0.3 is 0 Å². The van der Waals surface area contributed by atoms with Crippen LogP contribution in [0.1, 0.15) is 19.3 Å². The lowest BCUT2D eigenvalue weighted by atomic mass is 10.2. The molecule has 1 aliphatic heterocycles.